The molecule has 0 spiro atoms. The highest BCUT2D eigenvalue weighted by atomic mass is 19.1. The van der Waals surface area contributed by atoms with Crippen LogP contribution in [0.2, 0.25) is 0 Å². The second-order valence-electron chi connectivity index (χ2n) is 6.28. The minimum absolute atomic E-state index is 0.138. The van der Waals surface area contributed by atoms with Gasteiger partial charge in [-0.2, -0.15) is 0 Å². The lowest BCUT2D eigenvalue weighted by molar-refractivity contribution is -0.883. The number of rotatable bonds is 8. The van der Waals surface area contributed by atoms with Crippen LogP contribution in [0.5, 0.6) is 0 Å². The summed E-state index contributed by atoms with van der Waals surface area (Å²) >= 11 is 0. The number of benzene rings is 2. The maximum absolute atomic E-state index is 13.2. The third-order valence-corrected chi connectivity index (χ3v) is 3.95. The summed E-state index contributed by atoms with van der Waals surface area (Å²) in [5.74, 6) is -0.790. The summed E-state index contributed by atoms with van der Waals surface area (Å²) in [4.78, 5) is 25.4. The summed E-state index contributed by atoms with van der Waals surface area (Å²) < 4.78 is 13.2. The van der Waals surface area contributed by atoms with E-state index in [-0.39, 0.29) is 24.9 Å². The fraction of sp³-hybridized carbons (Fsp3) is 0.300. The summed E-state index contributed by atoms with van der Waals surface area (Å²) in [5, 5.41) is 5.56. The first-order valence-corrected chi connectivity index (χ1v) is 8.72. The van der Waals surface area contributed by atoms with E-state index in [9.17, 15) is 14.0 Å². The molecule has 2 aromatic carbocycles. The van der Waals surface area contributed by atoms with Gasteiger partial charge in [0.2, 0.25) is 0 Å². The van der Waals surface area contributed by atoms with Crippen LogP contribution < -0.4 is 15.5 Å². The summed E-state index contributed by atoms with van der Waals surface area (Å²) in [6.07, 6.45) is 0.847. The lowest BCUT2D eigenvalue weighted by atomic mass is 10.2. The number of carbonyl (C=O) groups is 2. The second-order valence-corrected chi connectivity index (χ2v) is 6.28. The number of nitrogens with one attached hydrogen (secondary N) is 3. The van der Waals surface area contributed by atoms with E-state index in [1.165, 1.54) is 18.2 Å². The Morgan fingerprint density at radius 2 is 1.69 bits per heavy atom. The van der Waals surface area contributed by atoms with E-state index < -0.39 is 5.82 Å². The number of hydrogen-bond acceptors (Lipinski definition) is 2. The molecule has 1 atom stereocenters. The van der Waals surface area contributed by atoms with Crippen LogP contribution in [0.15, 0.2) is 48.5 Å². The molecule has 2 rings (SSSR count). The minimum atomic E-state index is -0.404. The number of para-hydroxylation sites is 1. The van der Waals surface area contributed by atoms with Gasteiger partial charge in [-0.1, -0.05) is 31.2 Å². The van der Waals surface area contributed by atoms with Crippen LogP contribution in [0.4, 0.5) is 15.8 Å². The molecule has 0 radical (unpaired) electrons. The van der Waals surface area contributed by atoms with Crippen LogP contribution in [0, 0.1) is 12.7 Å². The minimum Gasteiger partial charge on any atom is -0.321 e. The van der Waals surface area contributed by atoms with E-state index in [1.54, 1.807) is 6.07 Å². The zero-order valence-corrected chi connectivity index (χ0v) is 15.1. The van der Waals surface area contributed by atoms with Crippen LogP contribution in [0.25, 0.3) is 0 Å². The number of hydrogen-bond donors (Lipinski definition) is 3. The highest BCUT2D eigenvalue weighted by molar-refractivity contribution is 5.93. The first-order valence-electron chi connectivity index (χ1n) is 8.72. The van der Waals surface area contributed by atoms with Gasteiger partial charge >= 0.3 is 0 Å². The number of carbonyl (C=O) groups excluding carboxylic acids is 2. The van der Waals surface area contributed by atoms with Crippen LogP contribution in [0.3, 0.4) is 0 Å². The topological polar surface area (TPSA) is 62.6 Å². The summed E-state index contributed by atoms with van der Waals surface area (Å²) in [6, 6.07) is 13.3. The molecule has 0 fully saturated rings. The molecule has 0 aromatic heterocycles. The first kappa shape index (κ1) is 19.6. The number of quaternary nitrogens is 1. The number of anilines is 2. The molecule has 3 N–H and O–H groups in total. The molecule has 2 aromatic rings. The van der Waals surface area contributed by atoms with Gasteiger partial charge in [0.05, 0.1) is 6.54 Å². The van der Waals surface area contributed by atoms with E-state index in [0.29, 0.717) is 12.2 Å². The van der Waals surface area contributed by atoms with Crippen molar-refractivity contribution in [2.45, 2.75) is 20.3 Å². The Bertz CT molecular complexity index is 764. The molecule has 0 bridgehead atoms. The monoisotopic (exact) mass is 358 g/mol. The molecule has 26 heavy (non-hydrogen) atoms. The first-order chi connectivity index (χ1) is 12.5. The van der Waals surface area contributed by atoms with Crippen molar-refractivity contribution < 1.29 is 18.9 Å². The molecule has 0 saturated carbocycles. The standard InChI is InChI=1S/C20H24FN3O2/c1-3-11-24(13-19(25)22-17-9-6-8-16(21)12-17)14-20(26)23-18-10-5-4-7-15(18)2/h4-10,12H,3,11,13-14H2,1-2H3,(H,22,25)(H,23,26)/p+1. The molecule has 5 nitrogen and oxygen atoms in total. The smallest absolute Gasteiger partial charge is 0.279 e. The molecule has 1 unspecified atom stereocenters. The Balaban J connectivity index is 1.92. The van der Waals surface area contributed by atoms with Crippen LogP contribution in [-0.2, 0) is 9.59 Å². The molecule has 138 valence electrons. The zero-order valence-electron chi connectivity index (χ0n) is 15.1. The van der Waals surface area contributed by atoms with Crippen LogP contribution in [0.1, 0.15) is 18.9 Å². The third-order valence-electron chi connectivity index (χ3n) is 3.95. The van der Waals surface area contributed by atoms with Gasteiger partial charge in [-0.3, -0.25) is 9.59 Å². The summed E-state index contributed by atoms with van der Waals surface area (Å²) in [6.45, 7) is 4.96. The Morgan fingerprint density at radius 1 is 1.00 bits per heavy atom. The Labute approximate surface area is 153 Å². The lowest BCUT2D eigenvalue weighted by Gasteiger charge is -2.18. The van der Waals surface area contributed by atoms with Gasteiger partial charge in [0.25, 0.3) is 11.8 Å². The van der Waals surface area contributed by atoms with E-state index in [1.807, 2.05) is 38.1 Å². The SMILES string of the molecule is CCC[NH+](CC(=O)Nc1cccc(F)c1)CC(=O)Nc1ccccc1C. The van der Waals surface area contributed by atoms with Gasteiger partial charge in [-0.25, -0.2) is 4.39 Å². The van der Waals surface area contributed by atoms with E-state index in [4.69, 9.17) is 0 Å². The van der Waals surface area contributed by atoms with Crippen molar-refractivity contribution in [3.05, 3.63) is 59.9 Å². The molecule has 6 heteroatoms. The van der Waals surface area contributed by atoms with Gasteiger partial charge in [-0.05, 0) is 43.2 Å². The fourth-order valence-electron chi connectivity index (χ4n) is 2.73. The predicted octanol–water partition coefficient (Wildman–Crippen LogP) is 2.01. The molecule has 0 aliphatic heterocycles. The second kappa shape index (κ2) is 9.68. The van der Waals surface area contributed by atoms with Crippen molar-refractivity contribution in [1.82, 2.24) is 0 Å². The summed E-state index contributed by atoms with van der Waals surface area (Å²) in [5.41, 5.74) is 2.18. The average Bonchev–Trinajstić information content (AvgIpc) is 2.57. The summed E-state index contributed by atoms with van der Waals surface area (Å²) in [7, 11) is 0. The molecule has 0 aliphatic carbocycles. The molecular formula is C20H25FN3O2+. The van der Waals surface area contributed by atoms with Gasteiger partial charge in [-0.15, -0.1) is 0 Å². The average molecular weight is 358 g/mol. The maximum atomic E-state index is 13.2. The third kappa shape index (κ3) is 6.29. The fourth-order valence-corrected chi connectivity index (χ4v) is 2.73. The van der Waals surface area contributed by atoms with Crippen molar-refractivity contribution in [1.29, 1.82) is 0 Å². The molecule has 2 amide bonds. The predicted molar refractivity (Wildman–Crippen MR) is 101 cm³/mol. The molecular weight excluding hydrogens is 333 g/mol. The molecule has 0 aliphatic rings. The zero-order chi connectivity index (χ0) is 18.9. The Hall–Kier alpha value is -2.73. The molecule has 0 saturated heterocycles. The van der Waals surface area contributed by atoms with Gasteiger partial charge in [0, 0.05) is 11.4 Å². The maximum Gasteiger partial charge on any atom is 0.279 e. The van der Waals surface area contributed by atoms with E-state index in [0.717, 1.165) is 22.6 Å². The van der Waals surface area contributed by atoms with Gasteiger partial charge in [0.1, 0.15) is 5.82 Å². The van der Waals surface area contributed by atoms with Crippen molar-refractivity contribution in [3.63, 3.8) is 0 Å². The molecule has 0 heterocycles. The van der Waals surface area contributed by atoms with Crippen molar-refractivity contribution in [3.8, 4) is 0 Å². The van der Waals surface area contributed by atoms with E-state index >= 15 is 0 Å². The van der Waals surface area contributed by atoms with Crippen molar-refractivity contribution in [2.24, 2.45) is 0 Å². The number of aryl methyl sites for hydroxylation is 1. The van der Waals surface area contributed by atoms with Crippen LogP contribution in [-0.4, -0.2) is 31.4 Å². The quantitative estimate of drug-likeness (QED) is 0.676. The highest BCUT2D eigenvalue weighted by Gasteiger charge is 2.18. The Kier molecular flexibility index (Phi) is 7.29. The van der Waals surface area contributed by atoms with Crippen LogP contribution >= 0.6 is 0 Å². The number of halogens is 1. The normalized spacial score (nSPS) is 11.7. The van der Waals surface area contributed by atoms with E-state index in [2.05, 4.69) is 10.6 Å². The van der Waals surface area contributed by atoms with Crippen molar-refractivity contribution >= 4 is 23.2 Å². The van der Waals surface area contributed by atoms with Crippen molar-refractivity contribution in [2.75, 3.05) is 30.3 Å². The lowest BCUT2D eigenvalue weighted by Crippen LogP contribution is -3.14. The van der Waals surface area contributed by atoms with Gasteiger partial charge < -0.3 is 15.5 Å². The number of amides is 2. The Morgan fingerprint density at radius 3 is 2.35 bits per heavy atom. The highest BCUT2D eigenvalue weighted by Crippen LogP contribution is 2.12. The van der Waals surface area contributed by atoms with Gasteiger partial charge in [0.15, 0.2) is 13.1 Å². The largest absolute Gasteiger partial charge is 0.321 e.